The Balaban J connectivity index is 1.57. The number of hydrogen-bond donors (Lipinski definition) is 0. The Bertz CT molecular complexity index is 1200. The molecule has 0 fully saturated rings. The van der Waals surface area contributed by atoms with Gasteiger partial charge in [0.25, 0.3) is 0 Å². The van der Waals surface area contributed by atoms with Crippen molar-refractivity contribution >= 4 is 27.9 Å². The monoisotopic (exact) mass is 348 g/mol. The SMILES string of the molecule is Cc1ccc2c(CC(=O)Oc3ccc4c(C)cc(=O)oc4c3)coc2c1. The summed E-state index contributed by atoms with van der Waals surface area (Å²) in [5.41, 5.74) is 3.38. The Labute approximate surface area is 148 Å². The summed E-state index contributed by atoms with van der Waals surface area (Å²) in [6.45, 7) is 3.81. The Morgan fingerprint density at radius 1 is 1.00 bits per heavy atom. The van der Waals surface area contributed by atoms with Crippen molar-refractivity contribution in [2.45, 2.75) is 20.3 Å². The predicted molar refractivity (Wildman–Crippen MR) is 97.5 cm³/mol. The Morgan fingerprint density at radius 2 is 1.81 bits per heavy atom. The van der Waals surface area contributed by atoms with Crippen molar-refractivity contribution in [3.63, 3.8) is 0 Å². The van der Waals surface area contributed by atoms with Gasteiger partial charge in [-0.25, -0.2) is 4.79 Å². The molecule has 0 radical (unpaired) electrons. The number of ether oxygens (including phenoxy) is 1. The molecular weight excluding hydrogens is 332 g/mol. The summed E-state index contributed by atoms with van der Waals surface area (Å²) in [7, 11) is 0. The molecule has 4 rings (SSSR count). The lowest BCUT2D eigenvalue weighted by Gasteiger charge is -2.06. The molecule has 0 amide bonds. The molecule has 0 saturated heterocycles. The van der Waals surface area contributed by atoms with Crippen LogP contribution < -0.4 is 10.4 Å². The molecule has 0 bridgehead atoms. The van der Waals surface area contributed by atoms with Gasteiger partial charge in [-0.2, -0.15) is 0 Å². The van der Waals surface area contributed by atoms with E-state index in [1.54, 1.807) is 24.5 Å². The molecule has 2 aromatic heterocycles. The first-order chi connectivity index (χ1) is 12.5. The quantitative estimate of drug-likeness (QED) is 0.313. The molecule has 0 unspecified atom stereocenters. The van der Waals surface area contributed by atoms with Crippen molar-refractivity contribution in [2.75, 3.05) is 0 Å². The zero-order valence-corrected chi connectivity index (χ0v) is 14.4. The minimum absolute atomic E-state index is 0.0892. The van der Waals surface area contributed by atoms with Crippen molar-refractivity contribution in [3.8, 4) is 5.75 Å². The van der Waals surface area contributed by atoms with E-state index < -0.39 is 11.6 Å². The molecule has 4 aromatic rings. The van der Waals surface area contributed by atoms with Crippen LogP contribution in [0.1, 0.15) is 16.7 Å². The minimum Gasteiger partial charge on any atom is -0.464 e. The molecule has 0 saturated carbocycles. The average Bonchev–Trinajstić information content (AvgIpc) is 2.96. The third-order valence-electron chi connectivity index (χ3n) is 4.30. The third kappa shape index (κ3) is 2.99. The molecule has 2 aromatic carbocycles. The van der Waals surface area contributed by atoms with Gasteiger partial charge in [0.2, 0.25) is 0 Å². The van der Waals surface area contributed by atoms with E-state index in [-0.39, 0.29) is 6.42 Å². The van der Waals surface area contributed by atoms with Crippen molar-refractivity contribution in [2.24, 2.45) is 0 Å². The summed E-state index contributed by atoms with van der Waals surface area (Å²) in [5.74, 6) is -0.0810. The van der Waals surface area contributed by atoms with E-state index in [0.29, 0.717) is 11.3 Å². The molecule has 130 valence electrons. The number of carbonyl (C=O) groups excluding carboxylic acids is 1. The zero-order chi connectivity index (χ0) is 18.3. The van der Waals surface area contributed by atoms with Crippen LogP contribution in [0.2, 0.25) is 0 Å². The summed E-state index contributed by atoms with van der Waals surface area (Å²) < 4.78 is 16.1. The van der Waals surface area contributed by atoms with E-state index in [4.69, 9.17) is 13.6 Å². The van der Waals surface area contributed by atoms with Crippen LogP contribution >= 0.6 is 0 Å². The van der Waals surface area contributed by atoms with Crippen LogP contribution in [0.3, 0.4) is 0 Å². The number of esters is 1. The van der Waals surface area contributed by atoms with E-state index in [0.717, 1.165) is 33.0 Å². The largest absolute Gasteiger partial charge is 0.464 e. The summed E-state index contributed by atoms with van der Waals surface area (Å²) in [6.07, 6.45) is 1.67. The number of hydrogen-bond acceptors (Lipinski definition) is 5. The molecule has 0 atom stereocenters. The Kier molecular flexibility index (Phi) is 3.84. The van der Waals surface area contributed by atoms with Gasteiger partial charge in [0.05, 0.1) is 12.7 Å². The van der Waals surface area contributed by atoms with Gasteiger partial charge in [0.1, 0.15) is 16.9 Å². The lowest BCUT2D eigenvalue weighted by molar-refractivity contribution is -0.133. The summed E-state index contributed by atoms with van der Waals surface area (Å²) in [5, 5.41) is 1.70. The fourth-order valence-electron chi connectivity index (χ4n) is 3.02. The number of fused-ring (bicyclic) bond motifs is 2. The fourth-order valence-corrected chi connectivity index (χ4v) is 3.02. The highest BCUT2D eigenvalue weighted by atomic mass is 16.5. The molecule has 26 heavy (non-hydrogen) atoms. The minimum atomic E-state index is -0.432. The normalized spacial score (nSPS) is 11.2. The number of rotatable bonds is 3. The molecule has 0 N–H and O–H groups in total. The molecular formula is C21H16O5. The second-order valence-corrected chi connectivity index (χ2v) is 6.32. The molecule has 5 nitrogen and oxygen atoms in total. The molecule has 2 heterocycles. The highest BCUT2D eigenvalue weighted by molar-refractivity contribution is 5.87. The molecule has 0 aliphatic carbocycles. The second-order valence-electron chi connectivity index (χ2n) is 6.32. The number of benzene rings is 2. The summed E-state index contributed by atoms with van der Waals surface area (Å²) in [4.78, 5) is 23.8. The molecule has 0 aliphatic rings. The molecule has 0 aliphatic heterocycles. The third-order valence-corrected chi connectivity index (χ3v) is 4.30. The molecule has 0 spiro atoms. The van der Waals surface area contributed by atoms with Crippen molar-refractivity contribution < 1.29 is 18.4 Å². The first-order valence-corrected chi connectivity index (χ1v) is 8.21. The summed E-state index contributed by atoms with van der Waals surface area (Å²) >= 11 is 0. The van der Waals surface area contributed by atoms with Gasteiger partial charge in [-0.15, -0.1) is 0 Å². The number of carbonyl (C=O) groups is 1. The van der Waals surface area contributed by atoms with Crippen LogP contribution in [0.4, 0.5) is 0 Å². The average molecular weight is 348 g/mol. The van der Waals surface area contributed by atoms with Crippen LogP contribution in [-0.4, -0.2) is 5.97 Å². The molecule has 5 heteroatoms. The van der Waals surface area contributed by atoms with E-state index in [9.17, 15) is 9.59 Å². The maximum Gasteiger partial charge on any atom is 0.336 e. The number of furan rings is 1. The Morgan fingerprint density at radius 3 is 2.65 bits per heavy atom. The first-order valence-electron chi connectivity index (χ1n) is 8.21. The highest BCUT2D eigenvalue weighted by Crippen LogP contribution is 2.25. The second kappa shape index (κ2) is 6.19. The first kappa shape index (κ1) is 16.1. The van der Waals surface area contributed by atoms with Gasteiger partial charge >= 0.3 is 11.6 Å². The van der Waals surface area contributed by atoms with Crippen molar-refractivity contribution in [1.82, 2.24) is 0 Å². The standard InChI is InChI=1S/C21H16O5/c1-12-3-5-17-14(11-24-18(17)7-12)9-21(23)25-15-4-6-16-13(2)8-20(22)26-19(16)10-15/h3-8,10-11H,9H2,1-2H3. The topological polar surface area (TPSA) is 69.7 Å². The van der Waals surface area contributed by atoms with Gasteiger partial charge < -0.3 is 13.6 Å². The maximum absolute atomic E-state index is 12.3. The Hall–Kier alpha value is -3.34. The maximum atomic E-state index is 12.3. The van der Waals surface area contributed by atoms with Gasteiger partial charge in [-0.05, 0) is 43.2 Å². The summed E-state index contributed by atoms with van der Waals surface area (Å²) in [6, 6.07) is 12.3. The van der Waals surface area contributed by atoms with Crippen molar-refractivity contribution in [1.29, 1.82) is 0 Å². The van der Waals surface area contributed by atoms with Crippen LogP contribution in [0.25, 0.3) is 21.9 Å². The van der Waals surface area contributed by atoms with Crippen LogP contribution in [0.15, 0.2) is 62.4 Å². The van der Waals surface area contributed by atoms with Crippen molar-refractivity contribution in [3.05, 3.63) is 75.8 Å². The fraction of sp³-hybridized carbons (Fsp3) is 0.143. The van der Waals surface area contributed by atoms with E-state index >= 15 is 0 Å². The van der Waals surface area contributed by atoms with E-state index in [1.807, 2.05) is 32.0 Å². The lowest BCUT2D eigenvalue weighted by Crippen LogP contribution is -2.11. The zero-order valence-electron chi connectivity index (χ0n) is 14.4. The van der Waals surface area contributed by atoms with Gasteiger partial charge in [0, 0.05) is 28.5 Å². The van der Waals surface area contributed by atoms with Crippen LogP contribution in [-0.2, 0) is 11.2 Å². The lowest BCUT2D eigenvalue weighted by atomic mass is 10.1. The van der Waals surface area contributed by atoms with Gasteiger partial charge in [-0.3, -0.25) is 4.79 Å². The van der Waals surface area contributed by atoms with E-state index in [1.165, 1.54) is 6.07 Å². The smallest absolute Gasteiger partial charge is 0.336 e. The highest BCUT2D eigenvalue weighted by Gasteiger charge is 2.13. The van der Waals surface area contributed by atoms with Crippen LogP contribution in [0, 0.1) is 13.8 Å². The predicted octanol–water partition coefficient (Wildman–Crippen LogP) is 4.30. The van der Waals surface area contributed by atoms with E-state index in [2.05, 4.69) is 0 Å². The number of aryl methyl sites for hydroxylation is 2. The van der Waals surface area contributed by atoms with Gasteiger partial charge in [0.15, 0.2) is 0 Å². The van der Waals surface area contributed by atoms with Gasteiger partial charge in [-0.1, -0.05) is 12.1 Å². The van der Waals surface area contributed by atoms with Crippen LogP contribution in [0.5, 0.6) is 5.75 Å².